The lowest BCUT2D eigenvalue weighted by Gasteiger charge is -2.08. The number of pyridine rings is 1. The molecule has 0 saturated carbocycles. The highest BCUT2D eigenvalue weighted by atomic mass is 32.2. The Kier molecular flexibility index (Phi) is 5.79. The number of amides is 1. The molecule has 1 heterocycles. The molecule has 0 aliphatic heterocycles. The van der Waals surface area contributed by atoms with Gasteiger partial charge in [-0.15, -0.1) is 0 Å². The number of aromatic nitrogens is 1. The molecule has 3 rings (SSSR count). The van der Waals surface area contributed by atoms with Crippen LogP contribution in [0.25, 0.3) is 0 Å². The highest BCUT2D eigenvalue weighted by Gasteiger charge is 2.15. The Morgan fingerprint density at radius 3 is 2.43 bits per heavy atom. The highest BCUT2D eigenvalue weighted by Crippen LogP contribution is 2.14. The van der Waals surface area contributed by atoms with Crippen LogP contribution in [0.2, 0.25) is 0 Å². The van der Waals surface area contributed by atoms with Crippen molar-refractivity contribution in [3.8, 4) is 6.07 Å². The molecule has 0 bridgehead atoms. The fourth-order valence-electron chi connectivity index (χ4n) is 2.42. The average molecular weight is 392 g/mol. The molecule has 0 spiro atoms. The predicted octanol–water partition coefficient (Wildman–Crippen LogP) is 2.68. The van der Waals surface area contributed by atoms with Gasteiger partial charge in [-0.1, -0.05) is 6.07 Å². The van der Waals surface area contributed by atoms with Crippen molar-refractivity contribution in [2.24, 2.45) is 0 Å². The molecule has 140 valence electrons. The van der Waals surface area contributed by atoms with Crippen molar-refractivity contribution < 1.29 is 13.2 Å². The zero-order valence-corrected chi connectivity index (χ0v) is 15.5. The second-order valence-corrected chi connectivity index (χ2v) is 7.62. The Morgan fingerprint density at radius 2 is 1.75 bits per heavy atom. The average Bonchev–Trinajstić information content (AvgIpc) is 2.73. The number of nitrogens with one attached hydrogen (secondary N) is 2. The summed E-state index contributed by atoms with van der Waals surface area (Å²) in [4.78, 5) is 16.3. The van der Waals surface area contributed by atoms with Gasteiger partial charge in [0.2, 0.25) is 10.0 Å². The van der Waals surface area contributed by atoms with E-state index in [1.807, 2.05) is 6.07 Å². The van der Waals surface area contributed by atoms with E-state index < -0.39 is 15.9 Å². The van der Waals surface area contributed by atoms with Crippen molar-refractivity contribution in [2.75, 3.05) is 5.32 Å². The number of carbonyl (C=O) groups excluding carboxylic acids is 1. The molecule has 3 aromatic rings. The standard InChI is InChI=1S/C20H16N4O3S/c21-13-16-2-1-3-18(12-16)24-20(25)17-4-6-19(7-5-17)28(26,27)23-14-15-8-10-22-11-9-15/h1-12,23H,14H2,(H,24,25). The van der Waals surface area contributed by atoms with Crippen molar-refractivity contribution in [3.63, 3.8) is 0 Å². The smallest absolute Gasteiger partial charge is 0.255 e. The summed E-state index contributed by atoms with van der Waals surface area (Å²) in [5.41, 5.74) is 2.00. The van der Waals surface area contributed by atoms with E-state index in [0.29, 0.717) is 16.8 Å². The number of nitriles is 1. The molecule has 28 heavy (non-hydrogen) atoms. The molecular weight excluding hydrogens is 376 g/mol. The maximum atomic E-state index is 12.4. The van der Waals surface area contributed by atoms with Crippen LogP contribution in [-0.4, -0.2) is 19.3 Å². The van der Waals surface area contributed by atoms with E-state index in [4.69, 9.17) is 5.26 Å². The molecule has 0 unspecified atom stereocenters. The van der Waals surface area contributed by atoms with Gasteiger partial charge < -0.3 is 5.32 Å². The number of anilines is 1. The second-order valence-electron chi connectivity index (χ2n) is 5.85. The fraction of sp³-hybridized carbons (Fsp3) is 0.0500. The summed E-state index contributed by atoms with van der Waals surface area (Å²) in [5, 5.41) is 11.6. The third kappa shape index (κ3) is 4.79. The number of rotatable bonds is 6. The first-order chi connectivity index (χ1) is 13.5. The van der Waals surface area contributed by atoms with Gasteiger partial charge in [-0.3, -0.25) is 9.78 Å². The molecule has 2 N–H and O–H groups in total. The molecule has 2 aromatic carbocycles. The lowest BCUT2D eigenvalue weighted by atomic mass is 10.2. The first-order valence-corrected chi connectivity index (χ1v) is 9.76. The summed E-state index contributed by atoms with van der Waals surface area (Å²) >= 11 is 0. The van der Waals surface area contributed by atoms with E-state index >= 15 is 0 Å². The summed E-state index contributed by atoms with van der Waals surface area (Å²) in [6.45, 7) is 0.141. The molecule has 0 aliphatic rings. The zero-order valence-electron chi connectivity index (χ0n) is 14.7. The monoisotopic (exact) mass is 392 g/mol. The van der Waals surface area contributed by atoms with Gasteiger partial charge in [0, 0.05) is 30.2 Å². The molecule has 7 nitrogen and oxygen atoms in total. The largest absolute Gasteiger partial charge is 0.322 e. The van der Waals surface area contributed by atoms with Crippen molar-refractivity contribution in [3.05, 3.63) is 89.7 Å². The Bertz CT molecular complexity index is 1120. The van der Waals surface area contributed by atoms with Gasteiger partial charge in [-0.2, -0.15) is 5.26 Å². The van der Waals surface area contributed by atoms with Gasteiger partial charge in [0.1, 0.15) is 0 Å². The first-order valence-electron chi connectivity index (χ1n) is 8.28. The molecule has 0 fully saturated rings. The summed E-state index contributed by atoms with van der Waals surface area (Å²) in [7, 11) is -3.71. The van der Waals surface area contributed by atoms with Crippen LogP contribution in [0.4, 0.5) is 5.69 Å². The predicted molar refractivity (Wildman–Crippen MR) is 104 cm³/mol. The molecule has 0 atom stereocenters. The van der Waals surface area contributed by atoms with Crippen LogP contribution < -0.4 is 10.0 Å². The van der Waals surface area contributed by atoms with E-state index in [9.17, 15) is 13.2 Å². The van der Waals surface area contributed by atoms with Crippen LogP contribution in [0.1, 0.15) is 21.5 Å². The van der Waals surface area contributed by atoms with Gasteiger partial charge in [0.05, 0.1) is 16.5 Å². The second kappa shape index (κ2) is 8.43. The van der Waals surface area contributed by atoms with Crippen LogP contribution >= 0.6 is 0 Å². The van der Waals surface area contributed by atoms with Crippen LogP contribution in [-0.2, 0) is 16.6 Å². The molecule has 1 aromatic heterocycles. The first kappa shape index (κ1) is 19.2. The van der Waals surface area contributed by atoms with Gasteiger partial charge in [0.15, 0.2) is 0 Å². The molecule has 0 aliphatic carbocycles. The van der Waals surface area contributed by atoms with Crippen LogP contribution in [0, 0.1) is 11.3 Å². The number of hydrogen-bond donors (Lipinski definition) is 2. The lowest BCUT2D eigenvalue weighted by Crippen LogP contribution is -2.23. The Labute approximate surface area is 162 Å². The number of sulfonamides is 1. The highest BCUT2D eigenvalue weighted by molar-refractivity contribution is 7.89. The molecule has 0 saturated heterocycles. The summed E-state index contributed by atoms with van der Waals surface area (Å²) < 4.78 is 27.3. The van der Waals surface area contributed by atoms with Crippen molar-refractivity contribution in [1.29, 1.82) is 5.26 Å². The Balaban J connectivity index is 1.68. The number of benzene rings is 2. The number of hydrogen-bond acceptors (Lipinski definition) is 5. The topological polar surface area (TPSA) is 112 Å². The number of nitrogens with zero attached hydrogens (tertiary/aromatic N) is 2. The lowest BCUT2D eigenvalue weighted by molar-refractivity contribution is 0.102. The maximum Gasteiger partial charge on any atom is 0.255 e. The summed E-state index contributed by atoms with van der Waals surface area (Å²) in [6, 6.07) is 17.6. The third-order valence-corrected chi connectivity index (χ3v) is 5.31. The van der Waals surface area contributed by atoms with Gasteiger partial charge in [-0.05, 0) is 60.2 Å². The SMILES string of the molecule is N#Cc1cccc(NC(=O)c2ccc(S(=O)(=O)NCc3ccncc3)cc2)c1. The molecular formula is C20H16N4O3S. The summed E-state index contributed by atoms with van der Waals surface area (Å²) in [6.07, 6.45) is 3.17. The van der Waals surface area contributed by atoms with Crippen LogP contribution in [0.5, 0.6) is 0 Å². The fourth-order valence-corrected chi connectivity index (χ4v) is 3.44. The Hall–Kier alpha value is -3.54. The van der Waals surface area contributed by atoms with E-state index in [1.165, 1.54) is 24.3 Å². The summed E-state index contributed by atoms with van der Waals surface area (Å²) in [5.74, 6) is -0.399. The van der Waals surface area contributed by atoms with E-state index in [2.05, 4.69) is 15.0 Å². The minimum absolute atomic E-state index is 0.0598. The Morgan fingerprint density at radius 1 is 1.04 bits per heavy atom. The minimum Gasteiger partial charge on any atom is -0.322 e. The van der Waals surface area contributed by atoms with Crippen molar-refractivity contribution in [1.82, 2.24) is 9.71 Å². The van der Waals surface area contributed by atoms with Gasteiger partial charge in [-0.25, -0.2) is 13.1 Å². The maximum absolute atomic E-state index is 12.4. The third-order valence-electron chi connectivity index (χ3n) is 3.89. The molecule has 8 heteroatoms. The molecule has 0 radical (unpaired) electrons. The van der Waals surface area contributed by atoms with E-state index in [0.717, 1.165) is 5.56 Å². The van der Waals surface area contributed by atoms with Crippen molar-refractivity contribution >= 4 is 21.6 Å². The van der Waals surface area contributed by atoms with Crippen LogP contribution in [0.15, 0.2) is 78.0 Å². The van der Waals surface area contributed by atoms with Crippen molar-refractivity contribution in [2.45, 2.75) is 11.4 Å². The number of carbonyl (C=O) groups is 1. The minimum atomic E-state index is -3.71. The normalized spacial score (nSPS) is 10.8. The quantitative estimate of drug-likeness (QED) is 0.670. The van der Waals surface area contributed by atoms with E-state index in [1.54, 1.807) is 48.8 Å². The van der Waals surface area contributed by atoms with Gasteiger partial charge >= 0.3 is 0 Å². The molecule has 1 amide bonds. The van der Waals surface area contributed by atoms with Crippen LogP contribution in [0.3, 0.4) is 0 Å². The van der Waals surface area contributed by atoms with Gasteiger partial charge in [0.25, 0.3) is 5.91 Å². The zero-order chi connectivity index (χ0) is 20.0. The van der Waals surface area contributed by atoms with E-state index in [-0.39, 0.29) is 11.4 Å².